The zero-order valence-electron chi connectivity index (χ0n) is 26.6. The number of carbonyl (C=O) groups is 1. The number of anilines is 2. The van der Waals surface area contributed by atoms with Gasteiger partial charge in [0.1, 0.15) is 5.69 Å². The Hall–Kier alpha value is -4.07. The van der Waals surface area contributed by atoms with Gasteiger partial charge in [0.15, 0.2) is 5.65 Å². The summed E-state index contributed by atoms with van der Waals surface area (Å²) in [5.41, 5.74) is 3.00. The normalized spacial score (nSPS) is 16.8. The Morgan fingerprint density at radius 3 is 2.43 bits per heavy atom. The Bertz CT molecular complexity index is 1720. The first kappa shape index (κ1) is 33.3. The van der Waals surface area contributed by atoms with Crippen LogP contribution in [-0.4, -0.2) is 78.6 Å². The summed E-state index contributed by atoms with van der Waals surface area (Å²) in [5.74, 6) is 0.294. The van der Waals surface area contributed by atoms with E-state index in [-0.39, 0.29) is 22.9 Å². The molecule has 0 aliphatic heterocycles. The third kappa shape index (κ3) is 7.48. The summed E-state index contributed by atoms with van der Waals surface area (Å²) in [6.07, 6.45) is 6.55. The minimum atomic E-state index is -3.89. The molecule has 1 aliphatic rings. The number of nitrogens with one attached hydrogen (secondary N) is 2. The van der Waals surface area contributed by atoms with Gasteiger partial charge in [-0.15, -0.1) is 0 Å². The number of benzene rings is 2. The van der Waals surface area contributed by atoms with Crippen LogP contribution in [0.2, 0.25) is 0 Å². The van der Waals surface area contributed by atoms with Crippen molar-refractivity contribution in [2.75, 3.05) is 43.0 Å². The van der Waals surface area contributed by atoms with Gasteiger partial charge in [0.2, 0.25) is 5.95 Å². The van der Waals surface area contributed by atoms with Gasteiger partial charge in [0.05, 0.1) is 34.7 Å². The molecule has 1 amide bonds. The Labute approximate surface area is 270 Å². The van der Waals surface area contributed by atoms with E-state index in [0.29, 0.717) is 61.1 Å². The molecule has 0 saturated heterocycles. The minimum absolute atomic E-state index is 0.0962. The molecule has 5 rings (SSSR count). The van der Waals surface area contributed by atoms with Crippen LogP contribution in [-0.2, 0) is 14.8 Å². The van der Waals surface area contributed by atoms with Crippen molar-refractivity contribution in [1.82, 2.24) is 25.1 Å². The van der Waals surface area contributed by atoms with Gasteiger partial charge in [0, 0.05) is 44.1 Å². The minimum Gasteiger partial charge on any atom is -0.393 e. The Morgan fingerprint density at radius 2 is 1.76 bits per heavy atom. The highest BCUT2D eigenvalue weighted by Crippen LogP contribution is 2.35. The fourth-order valence-electron chi connectivity index (χ4n) is 5.54. The van der Waals surface area contributed by atoms with E-state index >= 15 is 0 Å². The molecule has 12 nitrogen and oxygen atoms in total. The lowest BCUT2D eigenvalue weighted by Gasteiger charge is -2.25. The summed E-state index contributed by atoms with van der Waals surface area (Å²) in [5, 5.41) is 21.9. The first-order valence-electron chi connectivity index (χ1n) is 16.0. The van der Waals surface area contributed by atoms with Gasteiger partial charge in [-0.25, -0.2) is 18.1 Å². The van der Waals surface area contributed by atoms with Crippen molar-refractivity contribution >= 4 is 38.6 Å². The smallest absolute Gasteiger partial charge is 0.264 e. The van der Waals surface area contributed by atoms with Gasteiger partial charge < -0.3 is 20.5 Å². The maximum Gasteiger partial charge on any atom is 0.264 e. The molecule has 2 heterocycles. The first-order valence-corrected chi connectivity index (χ1v) is 17.4. The van der Waals surface area contributed by atoms with Crippen molar-refractivity contribution in [3.63, 3.8) is 0 Å². The summed E-state index contributed by atoms with van der Waals surface area (Å²) in [7, 11) is -2.40. The molecule has 46 heavy (non-hydrogen) atoms. The lowest BCUT2D eigenvalue weighted by atomic mass is 9.93. The predicted octanol–water partition coefficient (Wildman–Crippen LogP) is 4.77. The number of rotatable bonds is 14. The van der Waals surface area contributed by atoms with Gasteiger partial charge in [-0.05, 0) is 75.4 Å². The van der Waals surface area contributed by atoms with E-state index in [4.69, 9.17) is 14.8 Å². The molecule has 0 spiro atoms. The molecular formula is C33H43N7O5S. The second-order valence-corrected chi connectivity index (χ2v) is 13.4. The number of unbranched alkanes of at least 4 members (excludes halogenated alkanes) is 1. The quantitative estimate of drug-likeness (QED) is 0.164. The summed E-state index contributed by atoms with van der Waals surface area (Å²) >= 11 is 0. The molecule has 0 atom stereocenters. The number of aromatic nitrogens is 4. The lowest BCUT2D eigenvalue weighted by Crippen LogP contribution is -2.28. The first-order chi connectivity index (χ1) is 22.2. The van der Waals surface area contributed by atoms with Crippen LogP contribution >= 0.6 is 0 Å². The van der Waals surface area contributed by atoms with Crippen molar-refractivity contribution in [3.8, 4) is 11.3 Å². The average molecular weight is 650 g/mol. The molecule has 1 saturated carbocycles. The van der Waals surface area contributed by atoms with E-state index in [1.165, 1.54) is 11.4 Å². The zero-order chi connectivity index (χ0) is 32.7. The Morgan fingerprint density at radius 1 is 1.04 bits per heavy atom. The second-order valence-electron chi connectivity index (χ2n) is 11.5. The number of nitrogens with zero attached hydrogens (tertiary/aromatic N) is 5. The van der Waals surface area contributed by atoms with Gasteiger partial charge in [0.25, 0.3) is 15.9 Å². The topological polar surface area (TPSA) is 152 Å². The number of aliphatic hydroxyl groups is 1. The number of amides is 1. The van der Waals surface area contributed by atoms with Gasteiger partial charge >= 0.3 is 0 Å². The third-order valence-electron chi connectivity index (χ3n) is 8.29. The number of hydrogen-bond donors (Lipinski definition) is 3. The van der Waals surface area contributed by atoms with Crippen molar-refractivity contribution in [1.29, 1.82) is 0 Å². The molecule has 4 aromatic rings. The van der Waals surface area contributed by atoms with Crippen molar-refractivity contribution in [2.24, 2.45) is 0 Å². The van der Waals surface area contributed by atoms with Crippen LogP contribution in [0.15, 0.2) is 59.6 Å². The number of hydrogen-bond acceptors (Lipinski definition) is 9. The standard InChI is InChI=1S/C33H43N7O5S/c1-4-6-19-35-33-36-22-29-30(38-40(31(29)37-33)26-13-15-27(41)16-14-26)23-9-17-28(18-10-23)46(43,44)39(3)25-11-7-24(8-12-25)32(42)34-20-21-45-5-2/h7-12,17-18,22,26-27,41H,4-6,13-16,19-21H2,1-3H3,(H,34,42)(H,35,36,37)/t26-,27-. The molecule has 0 unspecified atom stereocenters. The van der Waals surface area contributed by atoms with E-state index in [2.05, 4.69) is 22.5 Å². The van der Waals surface area contributed by atoms with E-state index in [1.807, 2.05) is 11.6 Å². The second kappa shape index (κ2) is 15.0. The van der Waals surface area contributed by atoms with Crippen LogP contribution < -0.4 is 14.9 Å². The predicted molar refractivity (Wildman–Crippen MR) is 179 cm³/mol. The zero-order valence-corrected chi connectivity index (χ0v) is 27.5. The SMILES string of the molecule is CCCCNc1ncc2c(-c3ccc(S(=O)(=O)N(C)c4ccc(C(=O)NCCOCC)cc4)cc3)nn([C@H]3CC[C@H](O)CC3)c2n1. The number of sulfonamides is 1. The number of ether oxygens (including phenoxy) is 1. The van der Waals surface area contributed by atoms with E-state index in [1.54, 1.807) is 54.7 Å². The number of fused-ring (bicyclic) bond motifs is 1. The summed E-state index contributed by atoms with van der Waals surface area (Å²) in [6, 6.07) is 13.2. The van der Waals surface area contributed by atoms with Crippen LogP contribution in [0.3, 0.4) is 0 Å². The average Bonchev–Trinajstić information content (AvgIpc) is 3.45. The highest BCUT2D eigenvalue weighted by Gasteiger charge is 2.27. The highest BCUT2D eigenvalue weighted by molar-refractivity contribution is 7.92. The van der Waals surface area contributed by atoms with Gasteiger partial charge in [-0.1, -0.05) is 25.5 Å². The molecule has 1 fully saturated rings. The van der Waals surface area contributed by atoms with Gasteiger partial charge in [-0.3, -0.25) is 9.10 Å². The fourth-order valence-corrected chi connectivity index (χ4v) is 6.74. The molecule has 13 heteroatoms. The molecule has 2 aromatic heterocycles. The van der Waals surface area contributed by atoms with Crippen LogP contribution in [0, 0.1) is 0 Å². The molecule has 0 radical (unpaired) electrons. The maximum atomic E-state index is 13.6. The van der Waals surface area contributed by atoms with E-state index in [9.17, 15) is 18.3 Å². The molecular weight excluding hydrogens is 606 g/mol. The van der Waals surface area contributed by atoms with Crippen LogP contribution in [0.5, 0.6) is 0 Å². The number of aliphatic hydroxyl groups excluding tert-OH is 1. The lowest BCUT2D eigenvalue weighted by molar-refractivity contribution is 0.0922. The Balaban J connectivity index is 1.37. The van der Waals surface area contributed by atoms with E-state index < -0.39 is 10.0 Å². The van der Waals surface area contributed by atoms with Gasteiger partial charge in [-0.2, -0.15) is 10.1 Å². The van der Waals surface area contributed by atoms with Crippen molar-refractivity contribution in [3.05, 3.63) is 60.3 Å². The summed E-state index contributed by atoms with van der Waals surface area (Å²) in [6.45, 7) is 6.19. The van der Waals surface area contributed by atoms with Crippen molar-refractivity contribution < 1.29 is 23.1 Å². The summed E-state index contributed by atoms with van der Waals surface area (Å²) < 4.78 is 35.5. The number of carbonyl (C=O) groups excluding carboxylic acids is 1. The summed E-state index contributed by atoms with van der Waals surface area (Å²) in [4.78, 5) is 21.9. The highest BCUT2D eigenvalue weighted by atomic mass is 32.2. The van der Waals surface area contributed by atoms with Crippen LogP contribution in [0.25, 0.3) is 22.3 Å². The maximum absolute atomic E-state index is 13.6. The molecule has 1 aliphatic carbocycles. The third-order valence-corrected chi connectivity index (χ3v) is 10.1. The largest absolute Gasteiger partial charge is 0.393 e. The van der Waals surface area contributed by atoms with Crippen LogP contribution in [0.1, 0.15) is 68.8 Å². The molecule has 2 aromatic carbocycles. The fraction of sp³-hybridized carbons (Fsp3) is 0.455. The van der Waals surface area contributed by atoms with Crippen LogP contribution in [0.4, 0.5) is 11.6 Å². The van der Waals surface area contributed by atoms with Crippen molar-refractivity contribution in [2.45, 2.75) is 69.4 Å². The Kier molecular flexibility index (Phi) is 10.9. The molecule has 0 bridgehead atoms. The molecule has 246 valence electrons. The monoisotopic (exact) mass is 649 g/mol. The van der Waals surface area contributed by atoms with E-state index in [0.717, 1.165) is 43.2 Å². The molecule has 3 N–H and O–H groups in total.